The van der Waals surface area contributed by atoms with Crippen molar-refractivity contribution in [3.8, 4) is 5.75 Å². The molecule has 0 aromatic heterocycles. The molecule has 1 N–H and O–H groups in total. The molecule has 1 aliphatic rings. The molecule has 14 heavy (non-hydrogen) atoms. The van der Waals surface area contributed by atoms with Crippen molar-refractivity contribution in [3.05, 3.63) is 28.7 Å². The Morgan fingerprint density at radius 2 is 2.07 bits per heavy atom. The van der Waals surface area contributed by atoms with Gasteiger partial charge in [-0.25, -0.2) is 0 Å². The van der Waals surface area contributed by atoms with Crippen LogP contribution in [0, 0.1) is 0 Å². The number of nitrogens with one attached hydrogen (secondary N) is 1. The van der Waals surface area contributed by atoms with E-state index >= 15 is 0 Å². The lowest BCUT2D eigenvalue weighted by atomic mass is 10.1. The Morgan fingerprint density at radius 3 is 2.64 bits per heavy atom. The van der Waals surface area contributed by atoms with Gasteiger partial charge < -0.3 is 10.1 Å². The highest BCUT2D eigenvalue weighted by Gasteiger charge is 2.30. The molecule has 1 unspecified atom stereocenters. The topological polar surface area (TPSA) is 21.3 Å². The molecule has 0 bridgehead atoms. The summed E-state index contributed by atoms with van der Waals surface area (Å²) in [6.45, 7) is 4.13. The average Bonchev–Trinajstić information content (AvgIpc) is 2.57. The smallest absolute Gasteiger partial charge is 0.120 e. The van der Waals surface area contributed by atoms with Gasteiger partial charge in [0.25, 0.3) is 0 Å². The molecule has 0 aliphatic carbocycles. The van der Waals surface area contributed by atoms with Gasteiger partial charge in [0.05, 0.1) is 0 Å². The van der Waals surface area contributed by atoms with E-state index in [0.29, 0.717) is 0 Å². The van der Waals surface area contributed by atoms with Crippen LogP contribution in [0.3, 0.4) is 0 Å². The van der Waals surface area contributed by atoms with Gasteiger partial charge in [0.1, 0.15) is 11.4 Å². The minimum absolute atomic E-state index is 0.0339. The quantitative estimate of drug-likeness (QED) is 0.878. The summed E-state index contributed by atoms with van der Waals surface area (Å²) in [5, 5.41) is 3.31. The van der Waals surface area contributed by atoms with Gasteiger partial charge in [0, 0.05) is 17.4 Å². The molecule has 1 fully saturated rings. The summed E-state index contributed by atoms with van der Waals surface area (Å²) < 4.78 is 7.02. The SMILES string of the molecule is CC1(Oc2ccc(Br)cc2)CCNC1. The van der Waals surface area contributed by atoms with Crippen molar-refractivity contribution in [1.82, 2.24) is 5.32 Å². The Kier molecular flexibility index (Phi) is 2.79. The summed E-state index contributed by atoms with van der Waals surface area (Å²) in [5.74, 6) is 0.944. The van der Waals surface area contributed by atoms with Crippen LogP contribution in [0.4, 0.5) is 0 Å². The van der Waals surface area contributed by atoms with Gasteiger partial charge in [0.2, 0.25) is 0 Å². The van der Waals surface area contributed by atoms with Gasteiger partial charge in [-0.05, 0) is 37.7 Å². The van der Waals surface area contributed by atoms with E-state index in [1.807, 2.05) is 24.3 Å². The van der Waals surface area contributed by atoms with Crippen LogP contribution in [0.25, 0.3) is 0 Å². The second kappa shape index (κ2) is 3.91. The van der Waals surface area contributed by atoms with Crippen molar-refractivity contribution >= 4 is 15.9 Å². The molecule has 0 saturated carbocycles. The third kappa shape index (κ3) is 2.28. The van der Waals surface area contributed by atoms with Crippen LogP contribution >= 0.6 is 15.9 Å². The first-order chi connectivity index (χ1) is 6.68. The Labute approximate surface area is 92.8 Å². The van der Waals surface area contributed by atoms with Crippen molar-refractivity contribution in [2.24, 2.45) is 0 Å². The van der Waals surface area contributed by atoms with E-state index in [1.165, 1.54) is 0 Å². The van der Waals surface area contributed by atoms with E-state index < -0.39 is 0 Å². The number of benzene rings is 1. The summed E-state index contributed by atoms with van der Waals surface area (Å²) in [6.07, 6.45) is 1.07. The number of ether oxygens (including phenoxy) is 1. The van der Waals surface area contributed by atoms with Gasteiger partial charge >= 0.3 is 0 Å². The minimum atomic E-state index is -0.0339. The van der Waals surface area contributed by atoms with E-state index in [0.717, 1.165) is 29.7 Å². The standard InChI is InChI=1S/C11H14BrNO/c1-11(6-7-13-8-11)14-10-4-2-9(12)3-5-10/h2-5,13H,6-8H2,1H3. The predicted molar refractivity (Wildman–Crippen MR) is 60.7 cm³/mol. The van der Waals surface area contributed by atoms with Gasteiger partial charge in [-0.1, -0.05) is 15.9 Å². The lowest BCUT2D eigenvalue weighted by Gasteiger charge is -2.24. The summed E-state index contributed by atoms with van der Waals surface area (Å²) in [4.78, 5) is 0. The molecule has 1 aromatic carbocycles. The van der Waals surface area contributed by atoms with Crippen molar-refractivity contribution in [2.75, 3.05) is 13.1 Å². The van der Waals surface area contributed by atoms with Gasteiger partial charge in [-0.3, -0.25) is 0 Å². The lowest BCUT2D eigenvalue weighted by Crippen LogP contribution is -2.34. The fourth-order valence-corrected chi connectivity index (χ4v) is 1.93. The molecule has 1 heterocycles. The third-order valence-electron chi connectivity index (χ3n) is 2.51. The van der Waals surface area contributed by atoms with Crippen molar-refractivity contribution in [2.45, 2.75) is 18.9 Å². The van der Waals surface area contributed by atoms with E-state index in [9.17, 15) is 0 Å². The Balaban J connectivity index is 2.06. The highest BCUT2D eigenvalue weighted by atomic mass is 79.9. The van der Waals surface area contributed by atoms with Crippen molar-refractivity contribution < 1.29 is 4.74 Å². The first kappa shape index (κ1) is 9.99. The van der Waals surface area contributed by atoms with Gasteiger partial charge in [-0.2, -0.15) is 0 Å². The lowest BCUT2D eigenvalue weighted by molar-refractivity contribution is 0.111. The number of rotatable bonds is 2. The molecule has 1 atom stereocenters. The van der Waals surface area contributed by atoms with Crippen LogP contribution < -0.4 is 10.1 Å². The second-order valence-electron chi connectivity index (χ2n) is 3.93. The number of hydrogen-bond donors (Lipinski definition) is 1. The average molecular weight is 256 g/mol. The van der Waals surface area contributed by atoms with Crippen molar-refractivity contribution in [1.29, 1.82) is 0 Å². The number of halogens is 1. The summed E-state index contributed by atoms with van der Waals surface area (Å²) in [7, 11) is 0. The summed E-state index contributed by atoms with van der Waals surface area (Å²) in [5.41, 5.74) is -0.0339. The Morgan fingerprint density at radius 1 is 1.36 bits per heavy atom. The normalized spacial score (nSPS) is 26.4. The van der Waals surface area contributed by atoms with E-state index in [4.69, 9.17) is 4.74 Å². The van der Waals surface area contributed by atoms with Crippen LogP contribution in [0.2, 0.25) is 0 Å². The molecule has 0 spiro atoms. The predicted octanol–water partition coefficient (Wildman–Crippen LogP) is 2.58. The highest BCUT2D eigenvalue weighted by molar-refractivity contribution is 9.10. The van der Waals surface area contributed by atoms with Gasteiger partial charge in [-0.15, -0.1) is 0 Å². The van der Waals surface area contributed by atoms with Crippen LogP contribution in [0.1, 0.15) is 13.3 Å². The molecule has 1 aromatic rings. The van der Waals surface area contributed by atoms with E-state index in [1.54, 1.807) is 0 Å². The van der Waals surface area contributed by atoms with Crippen LogP contribution in [-0.2, 0) is 0 Å². The molecule has 3 heteroatoms. The maximum atomic E-state index is 5.93. The molecular formula is C11H14BrNO. The summed E-state index contributed by atoms with van der Waals surface area (Å²) in [6, 6.07) is 7.99. The molecule has 76 valence electrons. The Hall–Kier alpha value is -0.540. The molecule has 0 radical (unpaired) electrons. The molecule has 1 saturated heterocycles. The highest BCUT2D eigenvalue weighted by Crippen LogP contribution is 2.24. The summed E-state index contributed by atoms with van der Waals surface area (Å²) >= 11 is 3.40. The van der Waals surface area contributed by atoms with Crippen LogP contribution in [0.5, 0.6) is 5.75 Å². The minimum Gasteiger partial charge on any atom is -0.486 e. The molecule has 2 nitrogen and oxygen atoms in total. The molecular weight excluding hydrogens is 242 g/mol. The fraction of sp³-hybridized carbons (Fsp3) is 0.455. The second-order valence-corrected chi connectivity index (χ2v) is 4.85. The fourth-order valence-electron chi connectivity index (χ4n) is 1.67. The van der Waals surface area contributed by atoms with Crippen LogP contribution in [-0.4, -0.2) is 18.7 Å². The van der Waals surface area contributed by atoms with E-state index in [-0.39, 0.29) is 5.60 Å². The molecule has 2 rings (SSSR count). The zero-order chi connectivity index (χ0) is 10.0. The maximum absolute atomic E-state index is 5.93. The monoisotopic (exact) mass is 255 g/mol. The Bertz CT molecular complexity index is 304. The van der Waals surface area contributed by atoms with Crippen molar-refractivity contribution in [3.63, 3.8) is 0 Å². The zero-order valence-corrected chi connectivity index (χ0v) is 9.80. The largest absolute Gasteiger partial charge is 0.486 e. The van der Waals surface area contributed by atoms with Gasteiger partial charge in [0.15, 0.2) is 0 Å². The van der Waals surface area contributed by atoms with Crippen LogP contribution in [0.15, 0.2) is 28.7 Å². The molecule has 1 aliphatic heterocycles. The first-order valence-electron chi connectivity index (χ1n) is 4.83. The zero-order valence-electron chi connectivity index (χ0n) is 8.22. The van der Waals surface area contributed by atoms with E-state index in [2.05, 4.69) is 28.2 Å². The first-order valence-corrected chi connectivity index (χ1v) is 5.63. The molecule has 0 amide bonds. The maximum Gasteiger partial charge on any atom is 0.120 e. The third-order valence-corrected chi connectivity index (χ3v) is 3.04. The number of hydrogen-bond acceptors (Lipinski definition) is 2.